The fourth-order valence-electron chi connectivity index (χ4n) is 1.58. The highest BCUT2D eigenvalue weighted by Crippen LogP contribution is 2.12. The zero-order valence-corrected chi connectivity index (χ0v) is 12.8. The van der Waals surface area contributed by atoms with Gasteiger partial charge < -0.3 is 15.2 Å². The Labute approximate surface area is 121 Å². The molecule has 0 aromatic heterocycles. The van der Waals surface area contributed by atoms with Gasteiger partial charge in [-0.1, -0.05) is 17.7 Å². The summed E-state index contributed by atoms with van der Waals surface area (Å²) in [6.45, 7) is 7.81. The van der Waals surface area contributed by atoms with E-state index in [1.165, 1.54) is 5.56 Å². The maximum atomic E-state index is 11.7. The largest absolute Gasteiger partial charge is 0.494 e. The molecule has 0 spiro atoms. The highest BCUT2D eigenvalue weighted by Gasteiger charge is 2.25. The molecule has 1 unspecified atom stereocenters. The Kier molecular flexibility index (Phi) is 6.02. The number of hydrogen-bond donors (Lipinski definition) is 2. The van der Waals surface area contributed by atoms with Gasteiger partial charge in [-0.05, 0) is 46.2 Å². The highest BCUT2D eigenvalue weighted by atomic mass is 16.5. The number of carbonyl (C=O) groups is 1. The lowest BCUT2D eigenvalue weighted by Crippen LogP contribution is -2.50. The lowest BCUT2D eigenvalue weighted by atomic mass is 9.98. The van der Waals surface area contributed by atoms with Crippen LogP contribution in [-0.4, -0.2) is 29.3 Å². The molecule has 0 saturated carbocycles. The van der Waals surface area contributed by atoms with Crippen LogP contribution in [0, 0.1) is 6.92 Å². The molecule has 0 heterocycles. The Morgan fingerprint density at radius 2 is 1.95 bits per heavy atom. The molecule has 4 heteroatoms. The second-order valence-electron chi connectivity index (χ2n) is 5.71. The Hall–Kier alpha value is -1.55. The SMILES string of the molecule is Cc1ccc(OCCCC(=O)NC(C)(C)C(C)O)cc1. The molecule has 1 aromatic carbocycles. The summed E-state index contributed by atoms with van der Waals surface area (Å²) in [6.07, 6.45) is 0.452. The number of carbonyl (C=O) groups excluding carboxylic acids is 1. The van der Waals surface area contributed by atoms with E-state index in [1.807, 2.05) is 31.2 Å². The third kappa shape index (κ3) is 5.61. The lowest BCUT2D eigenvalue weighted by molar-refractivity contribution is -0.124. The smallest absolute Gasteiger partial charge is 0.220 e. The Balaban J connectivity index is 2.24. The van der Waals surface area contributed by atoms with Crippen LogP contribution in [0.15, 0.2) is 24.3 Å². The van der Waals surface area contributed by atoms with Crippen LogP contribution >= 0.6 is 0 Å². The molecule has 1 amide bonds. The number of benzene rings is 1. The van der Waals surface area contributed by atoms with E-state index in [0.29, 0.717) is 19.4 Å². The van der Waals surface area contributed by atoms with Crippen LogP contribution in [0.25, 0.3) is 0 Å². The van der Waals surface area contributed by atoms with Crippen molar-refractivity contribution in [2.45, 2.75) is 52.2 Å². The predicted octanol–water partition coefficient (Wildman–Crippen LogP) is 2.43. The van der Waals surface area contributed by atoms with Gasteiger partial charge in [-0.15, -0.1) is 0 Å². The second-order valence-corrected chi connectivity index (χ2v) is 5.71. The number of aryl methyl sites for hydroxylation is 1. The van der Waals surface area contributed by atoms with Gasteiger partial charge in [0, 0.05) is 6.42 Å². The number of aliphatic hydroxyl groups is 1. The van der Waals surface area contributed by atoms with Crippen molar-refractivity contribution in [1.29, 1.82) is 0 Å². The van der Waals surface area contributed by atoms with Gasteiger partial charge in [0.15, 0.2) is 0 Å². The second kappa shape index (κ2) is 7.29. The van der Waals surface area contributed by atoms with Crippen LogP contribution in [0.2, 0.25) is 0 Å². The standard InChI is InChI=1S/C16H25NO3/c1-12-7-9-14(10-8-12)20-11-5-6-15(19)17-16(3,4)13(2)18/h7-10,13,18H,5-6,11H2,1-4H3,(H,17,19). The first-order valence-corrected chi connectivity index (χ1v) is 7.00. The number of nitrogens with one attached hydrogen (secondary N) is 1. The Morgan fingerprint density at radius 1 is 1.35 bits per heavy atom. The van der Waals surface area contributed by atoms with E-state index in [-0.39, 0.29) is 5.91 Å². The molecular formula is C16H25NO3. The number of rotatable bonds is 7. The van der Waals surface area contributed by atoms with Gasteiger partial charge in [-0.2, -0.15) is 0 Å². The summed E-state index contributed by atoms with van der Waals surface area (Å²) in [5.74, 6) is 0.753. The van der Waals surface area contributed by atoms with Crippen molar-refractivity contribution in [3.63, 3.8) is 0 Å². The number of aliphatic hydroxyl groups excluding tert-OH is 1. The molecule has 0 bridgehead atoms. The van der Waals surface area contributed by atoms with Crippen LogP contribution < -0.4 is 10.1 Å². The highest BCUT2D eigenvalue weighted by molar-refractivity contribution is 5.76. The molecule has 2 N–H and O–H groups in total. The zero-order chi connectivity index (χ0) is 15.2. The summed E-state index contributed by atoms with van der Waals surface area (Å²) >= 11 is 0. The zero-order valence-electron chi connectivity index (χ0n) is 12.8. The van der Waals surface area contributed by atoms with E-state index in [4.69, 9.17) is 4.74 Å². The van der Waals surface area contributed by atoms with Gasteiger partial charge in [0.05, 0.1) is 18.2 Å². The van der Waals surface area contributed by atoms with Crippen LogP contribution in [0.1, 0.15) is 39.2 Å². The minimum Gasteiger partial charge on any atom is -0.494 e. The molecule has 0 fully saturated rings. The molecule has 0 aliphatic carbocycles. The molecule has 1 rings (SSSR count). The van der Waals surface area contributed by atoms with Gasteiger partial charge >= 0.3 is 0 Å². The summed E-state index contributed by atoms with van der Waals surface area (Å²) < 4.78 is 5.56. The fourth-order valence-corrected chi connectivity index (χ4v) is 1.58. The first-order valence-electron chi connectivity index (χ1n) is 7.00. The van der Waals surface area contributed by atoms with E-state index in [1.54, 1.807) is 20.8 Å². The molecule has 1 aromatic rings. The summed E-state index contributed by atoms with van der Waals surface area (Å²) in [5.41, 5.74) is 0.589. The van der Waals surface area contributed by atoms with E-state index in [0.717, 1.165) is 5.75 Å². The topological polar surface area (TPSA) is 58.6 Å². The molecule has 112 valence electrons. The first kappa shape index (κ1) is 16.5. The van der Waals surface area contributed by atoms with Crippen molar-refractivity contribution in [3.05, 3.63) is 29.8 Å². The monoisotopic (exact) mass is 279 g/mol. The van der Waals surface area contributed by atoms with E-state index < -0.39 is 11.6 Å². The average Bonchev–Trinajstić information content (AvgIpc) is 2.36. The van der Waals surface area contributed by atoms with E-state index in [2.05, 4.69) is 5.32 Å². The van der Waals surface area contributed by atoms with Crippen molar-refractivity contribution >= 4 is 5.91 Å². The van der Waals surface area contributed by atoms with Gasteiger partial charge in [-0.25, -0.2) is 0 Å². The lowest BCUT2D eigenvalue weighted by Gasteiger charge is -2.29. The van der Waals surface area contributed by atoms with E-state index in [9.17, 15) is 9.90 Å². The average molecular weight is 279 g/mol. The molecule has 0 aliphatic rings. The van der Waals surface area contributed by atoms with Gasteiger partial charge in [0.1, 0.15) is 5.75 Å². The summed E-state index contributed by atoms with van der Waals surface area (Å²) in [4.78, 5) is 11.7. The van der Waals surface area contributed by atoms with Crippen LogP contribution in [0.5, 0.6) is 5.75 Å². The third-order valence-electron chi connectivity index (χ3n) is 3.34. The molecular weight excluding hydrogens is 254 g/mol. The van der Waals surface area contributed by atoms with Crippen molar-refractivity contribution in [2.24, 2.45) is 0 Å². The van der Waals surface area contributed by atoms with Crippen molar-refractivity contribution in [1.82, 2.24) is 5.32 Å². The quantitative estimate of drug-likeness (QED) is 0.754. The third-order valence-corrected chi connectivity index (χ3v) is 3.34. The Bertz CT molecular complexity index is 424. The molecule has 4 nitrogen and oxygen atoms in total. The van der Waals surface area contributed by atoms with Gasteiger partial charge in [-0.3, -0.25) is 4.79 Å². The number of ether oxygens (including phenoxy) is 1. The number of amides is 1. The Morgan fingerprint density at radius 3 is 2.50 bits per heavy atom. The normalized spacial score (nSPS) is 12.8. The van der Waals surface area contributed by atoms with Crippen LogP contribution in [0.3, 0.4) is 0 Å². The summed E-state index contributed by atoms with van der Waals surface area (Å²) in [5, 5.41) is 12.3. The van der Waals surface area contributed by atoms with Crippen LogP contribution in [0.4, 0.5) is 0 Å². The van der Waals surface area contributed by atoms with Crippen molar-refractivity contribution in [3.8, 4) is 5.75 Å². The maximum Gasteiger partial charge on any atom is 0.220 e. The molecule has 0 radical (unpaired) electrons. The molecule has 20 heavy (non-hydrogen) atoms. The van der Waals surface area contributed by atoms with Crippen molar-refractivity contribution in [2.75, 3.05) is 6.61 Å². The van der Waals surface area contributed by atoms with Crippen molar-refractivity contribution < 1.29 is 14.6 Å². The molecule has 0 saturated heterocycles. The predicted molar refractivity (Wildman–Crippen MR) is 79.8 cm³/mol. The van der Waals surface area contributed by atoms with Crippen LogP contribution in [-0.2, 0) is 4.79 Å². The minimum atomic E-state index is -0.602. The first-order chi connectivity index (χ1) is 9.31. The van der Waals surface area contributed by atoms with E-state index >= 15 is 0 Å². The van der Waals surface area contributed by atoms with Gasteiger partial charge in [0.25, 0.3) is 0 Å². The maximum absolute atomic E-state index is 11.7. The summed E-state index contributed by atoms with van der Waals surface area (Å²) in [7, 11) is 0. The summed E-state index contributed by atoms with van der Waals surface area (Å²) in [6, 6.07) is 7.83. The minimum absolute atomic E-state index is 0.0663. The molecule has 0 aliphatic heterocycles. The fraction of sp³-hybridized carbons (Fsp3) is 0.562. The number of hydrogen-bond acceptors (Lipinski definition) is 3. The molecule has 1 atom stereocenters. The van der Waals surface area contributed by atoms with Gasteiger partial charge in [0.2, 0.25) is 5.91 Å².